The number of piperidine rings is 1. The Kier molecular flexibility index (Phi) is 5.70. The molecule has 0 unspecified atom stereocenters. The highest BCUT2D eigenvalue weighted by Crippen LogP contribution is 2.27. The lowest BCUT2D eigenvalue weighted by Crippen LogP contribution is -2.41. The number of aromatic amines is 1. The van der Waals surface area contributed by atoms with E-state index in [9.17, 15) is 4.79 Å². The van der Waals surface area contributed by atoms with Crippen LogP contribution in [0.2, 0.25) is 0 Å². The quantitative estimate of drug-likeness (QED) is 0.484. The Labute approximate surface area is 187 Å². The zero-order chi connectivity index (χ0) is 21.8. The molecule has 32 heavy (non-hydrogen) atoms. The highest BCUT2D eigenvalue weighted by molar-refractivity contribution is 5.89. The van der Waals surface area contributed by atoms with E-state index in [1.807, 2.05) is 70.5 Å². The molecule has 2 aromatic carbocycles. The second kappa shape index (κ2) is 9.09. The minimum atomic E-state index is -0.0687. The summed E-state index contributed by atoms with van der Waals surface area (Å²) < 4.78 is 1.86. The standard InChI is InChI=1S/C25H26N6O/c32-25(28-22-11-4-7-19(15-22)17-31-14-6-12-27-31)30-13-5-10-21(18-30)24-26-16-23(29-24)20-8-2-1-3-9-20/h1-4,6-9,11-12,14-16,21H,5,10,13,17-18H2,(H,26,29)(H,28,32)/t21-/m0/s1. The number of nitrogens with zero attached hydrogens (tertiary/aromatic N) is 4. The Balaban J connectivity index is 1.23. The lowest BCUT2D eigenvalue weighted by atomic mass is 9.97. The molecule has 0 radical (unpaired) electrons. The minimum absolute atomic E-state index is 0.0687. The third-order valence-corrected chi connectivity index (χ3v) is 5.86. The average molecular weight is 427 g/mol. The van der Waals surface area contributed by atoms with Gasteiger partial charge in [-0.1, -0.05) is 42.5 Å². The molecule has 1 atom stereocenters. The summed E-state index contributed by atoms with van der Waals surface area (Å²) in [4.78, 5) is 22.9. The van der Waals surface area contributed by atoms with Gasteiger partial charge in [-0.15, -0.1) is 0 Å². The molecule has 4 aromatic rings. The number of hydrogen-bond acceptors (Lipinski definition) is 3. The lowest BCUT2D eigenvalue weighted by Gasteiger charge is -2.32. The normalized spacial score (nSPS) is 16.1. The van der Waals surface area contributed by atoms with Crippen molar-refractivity contribution in [2.75, 3.05) is 18.4 Å². The van der Waals surface area contributed by atoms with Crippen molar-refractivity contribution in [2.24, 2.45) is 0 Å². The van der Waals surface area contributed by atoms with Crippen LogP contribution in [-0.2, 0) is 6.54 Å². The molecule has 1 fully saturated rings. The minimum Gasteiger partial charge on any atom is -0.342 e. The average Bonchev–Trinajstić information content (AvgIpc) is 3.53. The first-order chi connectivity index (χ1) is 15.7. The third kappa shape index (κ3) is 4.56. The first-order valence-electron chi connectivity index (χ1n) is 11.0. The van der Waals surface area contributed by atoms with E-state index >= 15 is 0 Å². The number of carbonyl (C=O) groups is 1. The van der Waals surface area contributed by atoms with Gasteiger partial charge in [0.15, 0.2) is 0 Å². The molecule has 0 saturated carbocycles. The van der Waals surface area contributed by atoms with Gasteiger partial charge >= 0.3 is 6.03 Å². The third-order valence-electron chi connectivity index (χ3n) is 5.86. The summed E-state index contributed by atoms with van der Waals surface area (Å²) in [6, 6.07) is 19.9. The van der Waals surface area contributed by atoms with Gasteiger partial charge in [0.1, 0.15) is 5.82 Å². The smallest absolute Gasteiger partial charge is 0.321 e. The Morgan fingerprint density at radius 3 is 2.88 bits per heavy atom. The predicted molar refractivity (Wildman–Crippen MR) is 124 cm³/mol. The largest absolute Gasteiger partial charge is 0.342 e. The van der Waals surface area contributed by atoms with Gasteiger partial charge in [-0.2, -0.15) is 5.10 Å². The monoisotopic (exact) mass is 426 g/mol. The van der Waals surface area contributed by atoms with Crippen molar-refractivity contribution in [2.45, 2.75) is 25.3 Å². The molecule has 0 bridgehead atoms. The van der Waals surface area contributed by atoms with Crippen LogP contribution >= 0.6 is 0 Å². The molecule has 7 heteroatoms. The fourth-order valence-electron chi connectivity index (χ4n) is 4.22. The van der Waals surface area contributed by atoms with Crippen molar-refractivity contribution >= 4 is 11.7 Å². The number of benzene rings is 2. The van der Waals surface area contributed by atoms with Crippen molar-refractivity contribution < 1.29 is 4.79 Å². The molecule has 2 amide bonds. The zero-order valence-electron chi connectivity index (χ0n) is 17.8. The van der Waals surface area contributed by atoms with Crippen LogP contribution in [0, 0.1) is 0 Å². The van der Waals surface area contributed by atoms with Gasteiger partial charge in [-0.05, 0) is 42.2 Å². The number of amides is 2. The van der Waals surface area contributed by atoms with Crippen molar-refractivity contribution in [3.8, 4) is 11.3 Å². The van der Waals surface area contributed by atoms with Crippen molar-refractivity contribution in [1.29, 1.82) is 0 Å². The van der Waals surface area contributed by atoms with Crippen LogP contribution in [0.25, 0.3) is 11.3 Å². The van der Waals surface area contributed by atoms with Gasteiger partial charge in [-0.25, -0.2) is 9.78 Å². The lowest BCUT2D eigenvalue weighted by molar-refractivity contribution is 0.191. The van der Waals surface area contributed by atoms with Crippen molar-refractivity contribution in [3.05, 3.63) is 90.6 Å². The number of rotatable bonds is 5. The van der Waals surface area contributed by atoms with Gasteiger partial charge in [-0.3, -0.25) is 4.68 Å². The van der Waals surface area contributed by atoms with Gasteiger partial charge in [0, 0.05) is 37.1 Å². The number of likely N-dealkylation sites (tertiary alicyclic amines) is 1. The summed E-state index contributed by atoms with van der Waals surface area (Å²) in [6.45, 7) is 2.08. The number of hydrogen-bond donors (Lipinski definition) is 2. The van der Waals surface area contributed by atoms with E-state index in [4.69, 9.17) is 0 Å². The van der Waals surface area contributed by atoms with Gasteiger partial charge < -0.3 is 15.2 Å². The van der Waals surface area contributed by atoms with E-state index in [0.29, 0.717) is 13.1 Å². The first-order valence-corrected chi connectivity index (χ1v) is 11.0. The summed E-state index contributed by atoms with van der Waals surface area (Å²) in [7, 11) is 0. The first kappa shape index (κ1) is 20.1. The summed E-state index contributed by atoms with van der Waals surface area (Å²) in [5.74, 6) is 1.15. The highest BCUT2D eigenvalue weighted by atomic mass is 16.2. The number of urea groups is 1. The van der Waals surface area contributed by atoms with Crippen LogP contribution in [0.3, 0.4) is 0 Å². The van der Waals surface area contributed by atoms with E-state index in [0.717, 1.165) is 47.7 Å². The molecular weight excluding hydrogens is 400 g/mol. The maximum absolute atomic E-state index is 13.0. The topological polar surface area (TPSA) is 78.8 Å². The van der Waals surface area contributed by atoms with E-state index in [1.54, 1.807) is 6.20 Å². The van der Waals surface area contributed by atoms with Gasteiger partial charge in [0.05, 0.1) is 18.4 Å². The Morgan fingerprint density at radius 2 is 2.03 bits per heavy atom. The van der Waals surface area contributed by atoms with E-state index in [2.05, 4.69) is 32.5 Å². The van der Waals surface area contributed by atoms with Crippen molar-refractivity contribution in [1.82, 2.24) is 24.6 Å². The van der Waals surface area contributed by atoms with Crippen LogP contribution in [0.5, 0.6) is 0 Å². The molecule has 0 aliphatic carbocycles. The molecule has 3 heterocycles. The SMILES string of the molecule is O=C(Nc1cccc(Cn2cccn2)c1)N1CCC[C@H](c2ncc(-c3ccccc3)[nH]2)C1. The summed E-state index contributed by atoms with van der Waals surface area (Å²) in [5, 5.41) is 7.31. The molecule has 2 N–H and O–H groups in total. The molecule has 7 nitrogen and oxygen atoms in total. The Hall–Kier alpha value is -3.87. The van der Waals surface area contributed by atoms with Crippen LogP contribution in [-0.4, -0.2) is 43.8 Å². The van der Waals surface area contributed by atoms with Crippen LogP contribution in [0.4, 0.5) is 10.5 Å². The maximum atomic E-state index is 13.0. The van der Waals surface area contributed by atoms with E-state index in [1.165, 1.54) is 0 Å². The molecular formula is C25H26N6O. The Bertz CT molecular complexity index is 1170. The second-order valence-corrected chi connectivity index (χ2v) is 8.17. The number of aromatic nitrogens is 4. The summed E-state index contributed by atoms with van der Waals surface area (Å²) >= 11 is 0. The highest BCUT2D eigenvalue weighted by Gasteiger charge is 2.26. The number of H-pyrrole nitrogens is 1. The number of anilines is 1. The van der Waals surface area contributed by atoms with E-state index in [-0.39, 0.29) is 11.9 Å². The molecule has 1 aliphatic heterocycles. The zero-order valence-corrected chi connectivity index (χ0v) is 17.8. The van der Waals surface area contributed by atoms with Gasteiger partial charge in [0.25, 0.3) is 0 Å². The second-order valence-electron chi connectivity index (χ2n) is 8.17. The van der Waals surface area contributed by atoms with Crippen LogP contribution < -0.4 is 5.32 Å². The number of carbonyl (C=O) groups excluding carboxylic acids is 1. The fourth-order valence-corrected chi connectivity index (χ4v) is 4.22. The molecule has 2 aromatic heterocycles. The molecule has 162 valence electrons. The predicted octanol–water partition coefficient (Wildman–Crippen LogP) is 4.73. The van der Waals surface area contributed by atoms with Crippen LogP contribution in [0.1, 0.15) is 30.1 Å². The molecule has 5 rings (SSSR count). The Morgan fingerprint density at radius 1 is 1.12 bits per heavy atom. The summed E-state index contributed by atoms with van der Waals surface area (Å²) in [6.07, 6.45) is 7.55. The fraction of sp³-hybridized carbons (Fsp3) is 0.240. The maximum Gasteiger partial charge on any atom is 0.321 e. The molecule has 1 saturated heterocycles. The van der Waals surface area contributed by atoms with Crippen LogP contribution in [0.15, 0.2) is 79.3 Å². The van der Waals surface area contributed by atoms with Crippen molar-refractivity contribution in [3.63, 3.8) is 0 Å². The number of nitrogens with one attached hydrogen (secondary N) is 2. The molecule has 1 aliphatic rings. The van der Waals surface area contributed by atoms with Gasteiger partial charge in [0.2, 0.25) is 0 Å². The van der Waals surface area contributed by atoms with E-state index < -0.39 is 0 Å². The molecule has 0 spiro atoms. The summed E-state index contributed by atoms with van der Waals surface area (Å²) in [5.41, 5.74) is 4.01. The number of imidazole rings is 1.